The van der Waals surface area contributed by atoms with E-state index in [1.807, 2.05) is 12.1 Å². The number of ketones is 1. The van der Waals surface area contributed by atoms with Crippen molar-refractivity contribution < 1.29 is 14.3 Å². The van der Waals surface area contributed by atoms with Gasteiger partial charge in [0, 0.05) is 10.6 Å². The first-order valence-corrected chi connectivity index (χ1v) is 9.29. The van der Waals surface area contributed by atoms with Crippen LogP contribution in [-0.2, 0) is 4.79 Å². The average molecular weight is 369 g/mol. The van der Waals surface area contributed by atoms with E-state index >= 15 is 0 Å². The molecule has 0 N–H and O–H groups in total. The molecule has 2 aromatic rings. The molecule has 26 heavy (non-hydrogen) atoms. The third-order valence-electron chi connectivity index (χ3n) is 4.59. The summed E-state index contributed by atoms with van der Waals surface area (Å²) in [6.45, 7) is 0. The van der Waals surface area contributed by atoms with Gasteiger partial charge in [-0.1, -0.05) is 49.1 Å². The number of benzene rings is 2. The highest BCUT2D eigenvalue weighted by atomic mass is 35.5. The number of halogens is 1. The van der Waals surface area contributed by atoms with Crippen molar-refractivity contribution in [2.24, 2.45) is 5.92 Å². The largest absolute Gasteiger partial charge is 0.426 e. The molecule has 134 valence electrons. The summed E-state index contributed by atoms with van der Waals surface area (Å²) in [5.41, 5.74) is 1.45. The lowest BCUT2D eigenvalue weighted by molar-refractivity contribution is -0.139. The topological polar surface area (TPSA) is 43.4 Å². The third kappa shape index (κ3) is 5.06. The third-order valence-corrected chi connectivity index (χ3v) is 4.84. The summed E-state index contributed by atoms with van der Waals surface area (Å²) in [6.07, 6.45) is 8.46. The minimum atomic E-state index is -0.161. The molecule has 0 atom stereocenters. The molecule has 0 spiro atoms. The van der Waals surface area contributed by atoms with Crippen molar-refractivity contribution in [2.45, 2.75) is 32.1 Å². The Morgan fingerprint density at radius 3 is 2.23 bits per heavy atom. The minimum Gasteiger partial charge on any atom is -0.426 e. The predicted molar refractivity (Wildman–Crippen MR) is 103 cm³/mol. The zero-order chi connectivity index (χ0) is 18.4. The summed E-state index contributed by atoms with van der Waals surface area (Å²) < 4.78 is 5.45. The number of carbonyl (C=O) groups is 2. The maximum atomic E-state index is 12.2. The van der Waals surface area contributed by atoms with Crippen LogP contribution in [0.25, 0.3) is 6.08 Å². The number of carbonyl (C=O) groups excluding carboxylic acids is 2. The van der Waals surface area contributed by atoms with Gasteiger partial charge in [0.2, 0.25) is 0 Å². The Balaban J connectivity index is 1.58. The van der Waals surface area contributed by atoms with Crippen molar-refractivity contribution in [3.63, 3.8) is 0 Å². The van der Waals surface area contributed by atoms with Gasteiger partial charge in [-0.05, 0) is 60.9 Å². The molecule has 3 rings (SSSR count). The van der Waals surface area contributed by atoms with Gasteiger partial charge in [0.1, 0.15) is 5.75 Å². The van der Waals surface area contributed by atoms with Crippen LogP contribution < -0.4 is 4.74 Å². The van der Waals surface area contributed by atoms with E-state index < -0.39 is 0 Å². The second-order valence-corrected chi connectivity index (χ2v) is 6.97. The first-order valence-electron chi connectivity index (χ1n) is 8.91. The van der Waals surface area contributed by atoms with Crippen LogP contribution in [0.2, 0.25) is 5.02 Å². The lowest BCUT2D eigenvalue weighted by Crippen LogP contribution is -2.22. The lowest BCUT2D eigenvalue weighted by atomic mass is 9.89. The molecule has 0 bridgehead atoms. The van der Waals surface area contributed by atoms with Gasteiger partial charge in [-0.15, -0.1) is 0 Å². The van der Waals surface area contributed by atoms with Crippen molar-refractivity contribution in [1.29, 1.82) is 0 Å². The molecule has 3 nitrogen and oxygen atoms in total. The Kier molecular flexibility index (Phi) is 6.24. The Labute approximate surface area is 158 Å². The summed E-state index contributed by atoms with van der Waals surface area (Å²) in [5.74, 6) is 0.225. The predicted octanol–water partition coefficient (Wildman–Crippen LogP) is 5.72. The van der Waals surface area contributed by atoms with Gasteiger partial charge in [-0.25, -0.2) is 0 Å². The van der Waals surface area contributed by atoms with Gasteiger partial charge >= 0.3 is 5.97 Å². The molecule has 1 fully saturated rings. The first-order chi connectivity index (χ1) is 12.6. The highest BCUT2D eigenvalue weighted by molar-refractivity contribution is 6.30. The number of esters is 1. The summed E-state index contributed by atoms with van der Waals surface area (Å²) in [6, 6.07) is 14.0. The SMILES string of the molecule is O=C(/C=C/c1ccc(Cl)cc1)c1ccc(OC(=O)C2CCCCC2)cc1. The van der Waals surface area contributed by atoms with Crippen molar-refractivity contribution in [1.82, 2.24) is 0 Å². The Morgan fingerprint density at radius 2 is 1.58 bits per heavy atom. The van der Waals surface area contributed by atoms with Crippen LogP contribution in [0.4, 0.5) is 0 Å². The summed E-state index contributed by atoms with van der Waals surface area (Å²) in [4.78, 5) is 24.4. The molecule has 2 aromatic carbocycles. The van der Waals surface area contributed by atoms with E-state index in [9.17, 15) is 9.59 Å². The fourth-order valence-electron chi connectivity index (χ4n) is 3.07. The van der Waals surface area contributed by atoms with E-state index in [4.69, 9.17) is 16.3 Å². The maximum absolute atomic E-state index is 12.2. The number of hydrogen-bond donors (Lipinski definition) is 0. The average Bonchev–Trinajstić information content (AvgIpc) is 2.68. The van der Waals surface area contributed by atoms with Crippen LogP contribution in [-0.4, -0.2) is 11.8 Å². The monoisotopic (exact) mass is 368 g/mol. The van der Waals surface area contributed by atoms with Crippen molar-refractivity contribution >= 4 is 29.4 Å². The molecule has 0 aromatic heterocycles. The van der Waals surface area contributed by atoms with E-state index in [0.29, 0.717) is 16.3 Å². The highest BCUT2D eigenvalue weighted by Gasteiger charge is 2.22. The Morgan fingerprint density at radius 1 is 0.923 bits per heavy atom. The van der Waals surface area contributed by atoms with E-state index in [2.05, 4.69) is 0 Å². The number of hydrogen-bond acceptors (Lipinski definition) is 3. The second kappa shape index (κ2) is 8.81. The van der Waals surface area contributed by atoms with Gasteiger partial charge in [-0.2, -0.15) is 0 Å². The van der Waals surface area contributed by atoms with Crippen molar-refractivity contribution in [3.05, 3.63) is 70.8 Å². The van der Waals surface area contributed by atoms with E-state index in [0.717, 1.165) is 31.2 Å². The van der Waals surface area contributed by atoms with Gasteiger partial charge in [-0.3, -0.25) is 9.59 Å². The molecule has 1 aliphatic carbocycles. The van der Waals surface area contributed by atoms with Crippen LogP contribution in [0, 0.1) is 5.92 Å². The fourth-order valence-corrected chi connectivity index (χ4v) is 3.19. The highest BCUT2D eigenvalue weighted by Crippen LogP contribution is 2.25. The summed E-state index contributed by atoms with van der Waals surface area (Å²) in [5, 5.41) is 0.659. The van der Waals surface area contributed by atoms with Gasteiger partial charge in [0.05, 0.1) is 5.92 Å². The molecule has 0 radical (unpaired) electrons. The molecule has 1 aliphatic rings. The molecule has 0 unspecified atom stereocenters. The van der Waals surface area contributed by atoms with Gasteiger partial charge < -0.3 is 4.74 Å². The Hall–Kier alpha value is -2.39. The van der Waals surface area contributed by atoms with E-state index in [-0.39, 0.29) is 17.7 Å². The smallest absolute Gasteiger partial charge is 0.314 e. The zero-order valence-electron chi connectivity index (χ0n) is 14.5. The minimum absolute atomic E-state index is 0.00682. The lowest BCUT2D eigenvalue weighted by Gasteiger charge is -2.19. The first kappa shape index (κ1) is 18.4. The normalized spacial score (nSPS) is 15.1. The van der Waals surface area contributed by atoms with Crippen LogP contribution in [0.15, 0.2) is 54.6 Å². The summed E-state index contributed by atoms with van der Waals surface area (Å²) >= 11 is 5.84. The number of ether oxygens (including phenoxy) is 1. The van der Waals surface area contributed by atoms with Crippen LogP contribution in [0.1, 0.15) is 48.0 Å². The zero-order valence-corrected chi connectivity index (χ0v) is 15.2. The fraction of sp³-hybridized carbons (Fsp3) is 0.273. The quantitative estimate of drug-likeness (QED) is 0.293. The molecule has 0 aliphatic heterocycles. The van der Waals surface area contributed by atoms with Crippen LogP contribution in [0.5, 0.6) is 5.75 Å². The van der Waals surface area contributed by atoms with E-state index in [1.165, 1.54) is 12.5 Å². The number of allylic oxidation sites excluding steroid dienone is 1. The maximum Gasteiger partial charge on any atom is 0.314 e. The van der Waals surface area contributed by atoms with Crippen molar-refractivity contribution in [2.75, 3.05) is 0 Å². The number of rotatable bonds is 5. The molecular formula is C22H21ClO3. The van der Waals surface area contributed by atoms with Gasteiger partial charge in [0.15, 0.2) is 5.78 Å². The van der Waals surface area contributed by atoms with E-state index in [1.54, 1.807) is 42.5 Å². The molecular weight excluding hydrogens is 348 g/mol. The molecule has 0 amide bonds. The standard InChI is InChI=1S/C22H21ClO3/c23-19-11-6-16(7-12-19)8-15-21(24)17-9-13-20(14-10-17)26-22(25)18-4-2-1-3-5-18/h6-15,18H,1-5H2/b15-8+. The Bertz CT molecular complexity index is 785. The molecule has 0 heterocycles. The van der Waals surface area contributed by atoms with Crippen LogP contribution in [0.3, 0.4) is 0 Å². The molecule has 1 saturated carbocycles. The van der Waals surface area contributed by atoms with Crippen molar-refractivity contribution in [3.8, 4) is 5.75 Å². The molecule has 4 heteroatoms. The second-order valence-electron chi connectivity index (χ2n) is 6.53. The van der Waals surface area contributed by atoms with Crippen LogP contribution >= 0.6 is 11.6 Å². The summed E-state index contributed by atoms with van der Waals surface area (Å²) in [7, 11) is 0. The molecule has 0 saturated heterocycles. The van der Waals surface area contributed by atoms with Gasteiger partial charge in [0.25, 0.3) is 0 Å².